The van der Waals surface area contributed by atoms with Crippen molar-refractivity contribution >= 4 is 0 Å². The molecule has 1 fully saturated rings. The third-order valence-electron chi connectivity index (χ3n) is 4.59. The number of hydrogen-bond acceptors (Lipinski definition) is 2. The van der Waals surface area contributed by atoms with Crippen LogP contribution in [0.4, 0.5) is 0 Å². The van der Waals surface area contributed by atoms with Gasteiger partial charge in [0.15, 0.2) is 0 Å². The maximum absolute atomic E-state index is 5.22. The maximum atomic E-state index is 5.22. The monoisotopic (exact) mass is 275 g/mol. The SMILES string of the molecule is CCNC1CCCCCC1CCc1ccc(OC)cc1. The predicted molar refractivity (Wildman–Crippen MR) is 85.4 cm³/mol. The van der Waals surface area contributed by atoms with Gasteiger partial charge in [-0.25, -0.2) is 0 Å². The molecule has 2 heteroatoms. The minimum absolute atomic E-state index is 0.737. The van der Waals surface area contributed by atoms with Gasteiger partial charge < -0.3 is 10.1 Å². The lowest BCUT2D eigenvalue weighted by molar-refractivity contribution is 0.321. The van der Waals surface area contributed by atoms with Gasteiger partial charge in [0, 0.05) is 6.04 Å². The fraction of sp³-hybridized carbons (Fsp3) is 0.667. The first kappa shape index (κ1) is 15.4. The molecule has 0 heterocycles. The van der Waals surface area contributed by atoms with Crippen molar-refractivity contribution in [2.45, 2.75) is 57.9 Å². The maximum Gasteiger partial charge on any atom is 0.118 e. The van der Waals surface area contributed by atoms with Gasteiger partial charge in [-0.1, -0.05) is 38.3 Å². The van der Waals surface area contributed by atoms with Crippen LogP contribution in [0.25, 0.3) is 0 Å². The Kier molecular flexibility index (Phi) is 6.38. The highest BCUT2D eigenvalue weighted by atomic mass is 16.5. The molecule has 1 aromatic rings. The summed E-state index contributed by atoms with van der Waals surface area (Å²) in [6, 6.07) is 9.30. The molecule has 2 unspecified atom stereocenters. The van der Waals surface area contributed by atoms with Gasteiger partial charge >= 0.3 is 0 Å². The lowest BCUT2D eigenvalue weighted by Gasteiger charge is -2.26. The molecule has 2 nitrogen and oxygen atoms in total. The van der Waals surface area contributed by atoms with Crippen LogP contribution in [0, 0.1) is 5.92 Å². The Hall–Kier alpha value is -1.02. The van der Waals surface area contributed by atoms with Gasteiger partial charge in [0.05, 0.1) is 7.11 Å². The zero-order chi connectivity index (χ0) is 14.2. The van der Waals surface area contributed by atoms with Crippen molar-refractivity contribution in [3.05, 3.63) is 29.8 Å². The van der Waals surface area contributed by atoms with Crippen molar-refractivity contribution in [1.82, 2.24) is 5.32 Å². The molecule has 2 rings (SSSR count). The molecule has 0 spiro atoms. The Bertz CT molecular complexity index is 374. The molecule has 1 saturated carbocycles. The van der Waals surface area contributed by atoms with Crippen LogP contribution in [0.5, 0.6) is 5.75 Å². The third-order valence-corrected chi connectivity index (χ3v) is 4.59. The van der Waals surface area contributed by atoms with Gasteiger partial charge in [-0.2, -0.15) is 0 Å². The highest BCUT2D eigenvalue weighted by molar-refractivity contribution is 5.27. The number of hydrogen-bond donors (Lipinski definition) is 1. The van der Waals surface area contributed by atoms with Gasteiger partial charge in [-0.05, 0) is 55.8 Å². The zero-order valence-corrected chi connectivity index (χ0v) is 13.0. The summed E-state index contributed by atoms with van der Waals surface area (Å²) >= 11 is 0. The van der Waals surface area contributed by atoms with Gasteiger partial charge in [0.2, 0.25) is 0 Å². The number of aryl methyl sites for hydroxylation is 1. The van der Waals surface area contributed by atoms with E-state index >= 15 is 0 Å². The molecule has 1 N–H and O–H groups in total. The second-order valence-electron chi connectivity index (χ2n) is 5.95. The predicted octanol–water partition coefficient (Wildman–Crippen LogP) is 4.19. The van der Waals surface area contributed by atoms with Gasteiger partial charge in [0.1, 0.15) is 5.75 Å². The van der Waals surface area contributed by atoms with Crippen LogP contribution < -0.4 is 10.1 Å². The average Bonchev–Trinajstić information content (AvgIpc) is 2.71. The second kappa shape index (κ2) is 8.31. The summed E-state index contributed by atoms with van der Waals surface area (Å²) in [4.78, 5) is 0. The number of benzene rings is 1. The highest BCUT2D eigenvalue weighted by Gasteiger charge is 2.22. The van der Waals surface area contributed by atoms with Crippen molar-refractivity contribution in [2.24, 2.45) is 5.92 Å². The Morgan fingerprint density at radius 2 is 1.85 bits per heavy atom. The summed E-state index contributed by atoms with van der Waals surface area (Å²) in [5.41, 5.74) is 1.44. The van der Waals surface area contributed by atoms with Crippen LogP contribution in [-0.2, 0) is 6.42 Å². The molecule has 0 radical (unpaired) electrons. The number of ether oxygens (including phenoxy) is 1. The van der Waals surface area contributed by atoms with Gasteiger partial charge in [0.25, 0.3) is 0 Å². The number of nitrogens with one attached hydrogen (secondary N) is 1. The summed E-state index contributed by atoms with van der Waals surface area (Å²) in [6.07, 6.45) is 9.49. The standard InChI is InChI=1S/C18H29NO/c1-3-19-18-8-6-4-5-7-16(18)12-9-15-10-13-17(20-2)14-11-15/h10-11,13-14,16,18-19H,3-9,12H2,1-2H3. The van der Waals surface area contributed by atoms with Crippen LogP contribution in [0.1, 0.15) is 51.0 Å². The van der Waals surface area contributed by atoms with Gasteiger partial charge in [-0.15, -0.1) is 0 Å². The molecule has 0 aromatic heterocycles. The number of rotatable bonds is 6. The molecule has 0 bridgehead atoms. The minimum Gasteiger partial charge on any atom is -0.497 e. The van der Waals surface area contributed by atoms with E-state index in [1.807, 2.05) is 0 Å². The number of methoxy groups -OCH3 is 1. The van der Waals surface area contributed by atoms with Crippen LogP contribution in [0.3, 0.4) is 0 Å². The van der Waals surface area contributed by atoms with Crippen LogP contribution in [0.15, 0.2) is 24.3 Å². The molecule has 1 aromatic carbocycles. The largest absolute Gasteiger partial charge is 0.497 e. The van der Waals surface area contributed by atoms with E-state index in [-0.39, 0.29) is 0 Å². The molecule has 1 aliphatic rings. The summed E-state index contributed by atoms with van der Waals surface area (Å²) in [5, 5.41) is 3.71. The van der Waals surface area contributed by atoms with Crippen molar-refractivity contribution in [3.63, 3.8) is 0 Å². The molecule has 0 saturated heterocycles. The summed E-state index contributed by atoms with van der Waals surface area (Å²) < 4.78 is 5.22. The Morgan fingerprint density at radius 3 is 2.55 bits per heavy atom. The smallest absolute Gasteiger partial charge is 0.118 e. The molecule has 1 aliphatic carbocycles. The Balaban J connectivity index is 1.88. The fourth-order valence-corrected chi connectivity index (χ4v) is 3.41. The lowest BCUT2D eigenvalue weighted by atomic mass is 9.88. The van der Waals surface area contributed by atoms with Crippen molar-refractivity contribution in [3.8, 4) is 5.75 Å². The van der Waals surface area contributed by atoms with Crippen LogP contribution in [-0.4, -0.2) is 19.7 Å². The van der Waals surface area contributed by atoms with Crippen molar-refractivity contribution in [2.75, 3.05) is 13.7 Å². The first-order valence-electron chi connectivity index (χ1n) is 8.19. The van der Waals surface area contributed by atoms with Crippen molar-refractivity contribution < 1.29 is 4.74 Å². The topological polar surface area (TPSA) is 21.3 Å². The quantitative estimate of drug-likeness (QED) is 0.786. The van der Waals surface area contributed by atoms with Gasteiger partial charge in [-0.3, -0.25) is 0 Å². The van der Waals surface area contributed by atoms with Crippen LogP contribution >= 0.6 is 0 Å². The molecule has 0 amide bonds. The average molecular weight is 275 g/mol. The third kappa shape index (κ3) is 4.52. The van der Waals surface area contributed by atoms with E-state index in [1.54, 1.807) is 7.11 Å². The molecule has 20 heavy (non-hydrogen) atoms. The van der Waals surface area contributed by atoms with E-state index in [0.29, 0.717) is 0 Å². The Labute approximate surface area is 123 Å². The van der Waals surface area contributed by atoms with E-state index < -0.39 is 0 Å². The normalized spacial score (nSPS) is 23.3. The summed E-state index contributed by atoms with van der Waals surface area (Å²) in [7, 11) is 1.72. The molecular weight excluding hydrogens is 246 g/mol. The first-order chi connectivity index (χ1) is 9.83. The minimum atomic E-state index is 0.737. The second-order valence-corrected chi connectivity index (χ2v) is 5.95. The molecule has 0 aliphatic heterocycles. The van der Waals surface area contributed by atoms with Crippen LogP contribution in [0.2, 0.25) is 0 Å². The van der Waals surface area contributed by atoms with E-state index in [9.17, 15) is 0 Å². The van der Waals surface area contributed by atoms with Crippen molar-refractivity contribution in [1.29, 1.82) is 0 Å². The van der Waals surface area contributed by atoms with E-state index in [4.69, 9.17) is 4.74 Å². The fourth-order valence-electron chi connectivity index (χ4n) is 3.41. The van der Waals surface area contributed by atoms with E-state index in [2.05, 4.69) is 36.5 Å². The first-order valence-corrected chi connectivity index (χ1v) is 8.19. The summed E-state index contributed by atoms with van der Waals surface area (Å²) in [6.45, 7) is 3.33. The van der Waals surface area contributed by atoms with E-state index in [0.717, 1.165) is 24.3 Å². The molecule has 2 atom stereocenters. The zero-order valence-electron chi connectivity index (χ0n) is 13.0. The van der Waals surface area contributed by atoms with E-state index in [1.165, 1.54) is 50.5 Å². The summed E-state index contributed by atoms with van der Waals surface area (Å²) in [5.74, 6) is 1.80. The Morgan fingerprint density at radius 1 is 1.10 bits per heavy atom. The molecular formula is C18H29NO. The molecule has 112 valence electrons. The highest BCUT2D eigenvalue weighted by Crippen LogP contribution is 2.27. The lowest BCUT2D eigenvalue weighted by Crippen LogP contribution is -2.35.